The molecule has 3 aliphatic heterocycles. The second kappa shape index (κ2) is 7.24. The monoisotopic (exact) mass is 373 g/mol. The topological polar surface area (TPSA) is 43.9 Å². The van der Waals surface area contributed by atoms with Crippen molar-refractivity contribution in [1.29, 1.82) is 0 Å². The number of hydrogen-bond acceptors (Lipinski definition) is 4. The third-order valence-corrected chi connectivity index (χ3v) is 7.38. The van der Waals surface area contributed by atoms with E-state index in [2.05, 4.69) is 36.1 Å². The van der Waals surface area contributed by atoms with Crippen LogP contribution in [0.4, 0.5) is 0 Å². The maximum absolute atomic E-state index is 13.1. The van der Waals surface area contributed by atoms with E-state index in [4.69, 9.17) is 0 Å². The average molecular weight is 374 g/mol. The molecule has 3 heterocycles. The SMILES string of the molecule is CC12CCC(=O)N1C(C(=O)N1CCCN(Cc3ccccc3)CC1)CS2. The molecule has 0 bridgehead atoms. The Balaban J connectivity index is 1.38. The number of rotatable bonds is 3. The molecule has 0 radical (unpaired) electrons. The highest BCUT2D eigenvalue weighted by Crippen LogP contribution is 2.47. The molecule has 0 saturated carbocycles. The van der Waals surface area contributed by atoms with Crippen LogP contribution in [0.1, 0.15) is 31.7 Å². The molecule has 3 saturated heterocycles. The predicted octanol–water partition coefficient (Wildman–Crippen LogP) is 2.17. The Labute approximate surface area is 159 Å². The van der Waals surface area contributed by atoms with Gasteiger partial charge >= 0.3 is 0 Å². The van der Waals surface area contributed by atoms with Gasteiger partial charge in [0.25, 0.3) is 0 Å². The van der Waals surface area contributed by atoms with Crippen LogP contribution in [0, 0.1) is 0 Å². The van der Waals surface area contributed by atoms with Gasteiger partial charge in [0.15, 0.2) is 0 Å². The lowest BCUT2D eigenvalue weighted by Crippen LogP contribution is -2.52. The van der Waals surface area contributed by atoms with E-state index in [1.165, 1.54) is 5.56 Å². The molecule has 0 aliphatic carbocycles. The fourth-order valence-electron chi connectivity index (χ4n) is 4.41. The maximum atomic E-state index is 13.1. The molecule has 140 valence electrons. The molecule has 2 unspecified atom stereocenters. The second-order valence-corrected chi connectivity index (χ2v) is 9.21. The van der Waals surface area contributed by atoms with Gasteiger partial charge in [-0.05, 0) is 25.3 Å². The fraction of sp³-hybridized carbons (Fsp3) is 0.600. The highest BCUT2D eigenvalue weighted by Gasteiger charge is 2.53. The van der Waals surface area contributed by atoms with Gasteiger partial charge in [0, 0.05) is 44.9 Å². The van der Waals surface area contributed by atoms with E-state index < -0.39 is 0 Å². The molecule has 6 heteroatoms. The lowest BCUT2D eigenvalue weighted by Gasteiger charge is -2.32. The molecular formula is C20H27N3O2S. The Morgan fingerprint density at radius 3 is 2.81 bits per heavy atom. The van der Waals surface area contributed by atoms with Crippen molar-refractivity contribution in [3.63, 3.8) is 0 Å². The highest BCUT2D eigenvalue weighted by atomic mass is 32.2. The molecule has 2 amide bonds. The largest absolute Gasteiger partial charge is 0.340 e. The molecule has 0 N–H and O–H groups in total. The van der Waals surface area contributed by atoms with Gasteiger partial charge < -0.3 is 9.80 Å². The van der Waals surface area contributed by atoms with Crippen molar-refractivity contribution >= 4 is 23.6 Å². The summed E-state index contributed by atoms with van der Waals surface area (Å²) in [4.78, 5) is 31.6. The van der Waals surface area contributed by atoms with E-state index in [1.54, 1.807) is 11.8 Å². The number of thioether (sulfide) groups is 1. The Kier molecular flexibility index (Phi) is 4.97. The second-order valence-electron chi connectivity index (χ2n) is 7.71. The minimum atomic E-state index is -0.263. The summed E-state index contributed by atoms with van der Waals surface area (Å²) in [6.07, 6.45) is 2.44. The summed E-state index contributed by atoms with van der Waals surface area (Å²) < 4.78 is 0. The number of amides is 2. The molecule has 1 aromatic rings. The first-order valence-electron chi connectivity index (χ1n) is 9.58. The van der Waals surface area contributed by atoms with Gasteiger partial charge in [-0.25, -0.2) is 0 Å². The standard InChI is InChI=1S/C20H27N3O2S/c1-20-9-8-18(24)23(20)17(15-26-20)19(25)22-11-5-10-21(12-13-22)14-16-6-3-2-4-7-16/h2-4,6-7,17H,5,8-15H2,1H3. The summed E-state index contributed by atoms with van der Waals surface area (Å²) in [5.41, 5.74) is 1.32. The van der Waals surface area contributed by atoms with Crippen molar-refractivity contribution < 1.29 is 9.59 Å². The first-order valence-corrected chi connectivity index (χ1v) is 10.6. The summed E-state index contributed by atoms with van der Waals surface area (Å²) in [6.45, 7) is 6.50. The van der Waals surface area contributed by atoms with Crippen LogP contribution in [0.5, 0.6) is 0 Å². The summed E-state index contributed by atoms with van der Waals surface area (Å²) in [7, 11) is 0. The summed E-state index contributed by atoms with van der Waals surface area (Å²) in [5.74, 6) is 1.04. The highest BCUT2D eigenvalue weighted by molar-refractivity contribution is 8.01. The Morgan fingerprint density at radius 2 is 2.00 bits per heavy atom. The van der Waals surface area contributed by atoms with Crippen molar-refractivity contribution in [2.24, 2.45) is 0 Å². The molecule has 3 aliphatic rings. The lowest BCUT2D eigenvalue weighted by molar-refractivity contribution is -0.143. The van der Waals surface area contributed by atoms with E-state index in [9.17, 15) is 9.59 Å². The van der Waals surface area contributed by atoms with Gasteiger partial charge in [-0.15, -0.1) is 11.8 Å². The number of carbonyl (C=O) groups excluding carboxylic acids is 2. The predicted molar refractivity (Wildman–Crippen MR) is 104 cm³/mol. The summed E-state index contributed by atoms with van der Waals surface area (Å²) in [6, 6.07) is 10.2. The molecule has 1 aromatic carbocycles. The number of nitrogens with zero attached hydrogens (tertiary/aromatic N) is 3. The Hall–Kier alpha value is -1.53. The van der Waals surface area contributed by atoms with Crippen LogP contribution in [0.2, 0.25) is 0 Å². The lowest BCUT2D eigenvalue weighted by atomic mass is 10.2. The zero-order chi connectivity index (χ0) is 18.1. The number of carbonyl (C=O) groups is 2. The zero-order valence-electron chi connectivity index (χ0n) is 15.4. The molecule has 3 fully saturated rings. The third kappa shape index (κ3) is 3.37. The van der Waals surface area contributed by atoms with Crippen LogP contribution >= 0.6 is 11.8 Å². The summed E-state index contributed by atoms with van der Waals surface area (Å²) >= 11 is 1.77. The van der Waals surface area contributed by atoms with Gasteiger partial charge in [0.05, 0.1) is 4.87 Å². The molecule has 4 rings (SSSR count). The quantitative estimate of drug-likeness (QED) is 0.815. The molecule has 26 heavy (non-hydrogen) atoms. The van der Waals surface area contributed by atoms with Crippen LogP contribution in [-0.2, 0) is 16.1 Å². The minimum absolute atomic E-state index is 0.149. The molecule has 0 spiro atoms. The van der Waals surface area contributed by atoms with Crippen molar-refractivity contribution in [3.8, 4) is 0 Å². The molecule has 5 nitrogen and oxygen atoms in total. The Bertz CT molecular complexity index is 683. The summed E-state index contributed by atoms with van der Waals surface area (Å²) in [5, 5.41) is 0. The van der Waals surface area contributed by atoms with E-state index in [0.717, 1.165) is 51.3 Å². The van der Waals surface area contributed by atoms with Crippen LogP contribution in [0.15, 0.2) is 30.3 Å². The van der Waals surface area contributed by atoms with Crippen LogP contribution in [0.3, 0.4) is 0 Å². The van der Waals surface area contributed by atoms with Crippen LogP contribution < -0.4 is 0 Å². The van der Waals surface area contributed by atoms with Gasteiger partial charge in [-0.2, -0.15) is 0 Å². The molecule has 0 aromatic heterocycles. The van der Waals surface area contributed by atoms with E-state index in [-0.39, 0.29) is 22.7 Å². The van der Waals surface area contributed by atoms with Gasteiger partial charge in [-0.1, -0.05) is 30.3 Å². The average Bonchev–Trinajstić information content (AvgIpc) is 3.02. The van der Waals surface area contributed by atoms with E-state index in [1.807, 2.05) is 15.9 Å². The fourth-order valence-corrected chi connectivity index (χ4v) is 5.83. The van der Waals surface area contributed by atoms with Crippen LogP contribution in [-0.4, -0.2) is 69.4 Å². The number of benzene rings is 1. The molecular weight excluding hydrogens is 346 g/mol. The van der Waals surface area contributed by atoms with Crippen LogP contribution in [0.25, 0.3) is 0 Å². The van der Waals surface area contributed by atoms with E-state index >= 15 is 0 Å². The maximum Gasteiger partial charge on any atom is 0.246 e. The van der Waals surface area contributed by atoms with Gasteiger partial charge in [0.2, 0.25) is 11.8 Å². The Morgan fingerprint density at radius 1 is 1.19 bits per heavy atom. The minimum Gasteiger partial charge on any atom is -0.340 e. The normalized spacial score (nSPS) is 29.7. The van der Waals surface area contributed by atoms with Crippen molar-refractivity contribution in [1.82, 2.24) is 14.7 Å². The zero-order valence-corrected chi connectivity index (χ0v) is 16.2. The smallest absolute Gasteiger partial charge is 0.246 e. The number of fused-ring (bicyclic) bond motifs is 1. The van der Waals surface area contributed by atoms with Crippen molar-refractivity contribution in [2.45, 2.75) is 43.6 Å². The van der Waals surface area contributed by atoms with Crippen molar-refractivity contribution in [2.75, 3.05) is 31.9 Å². The molecule has 2 atom stereocenters. The van der Waals surface area contributed by atoms with E-state index in [0.29, 0.717) is 6.42 Å². The van der Waals surface area contributed by atoms with Gasteiger partial charge in [0.1, 0.15) is 6.04 Å². The third-order valence-electron chi connectivity index (χ3n) is 5.88. The van der Waals surface area contributed by atoms with Crippen molar-refractivity contribution in [3.05, 3.63) is 35.9 Å². The number of hydrogen-bond donors (Lipinski definition) is 0. The van der Waals surface area contributed by atoms with Gasteiger partial charge in [-0.3, -0.25) is 14.5 Å². The first kappa shape index (κ1) is 17.9. The first-order chi connectivity index (χ1) is 12.6.